The Morgan fingerprint density at radius 1 is 1.03 bits per heavy atom. The minimum Gasteiger partial charge on any atom is -0.497 e. The zero-order chi connectivity index (χ0) is 20.9. The number of halogens is 1. The highest BCUT2D eigenvalue weighted by atomic mass is 19.1. The first-order valence-corrected chi connectivity index (χ1v) is 9.57. The molecule has 0 radical (unpaired) electrons. The second-order valence-electron chi connectivity index (χ2n) is 7.22. The van der Waals surface area contributed by atoms with Gasteiger partial charge >= 0.3 is 6.03 Å². The summed E-state index contributed by atoms with van der Waals surface area (Å²) in [5, 5.41) is 2.82. The molecule has 154 valence electrons. The smallest absolute Gasteiger partial charge is 0.325 e. The number of carbonyl (C=O) groups is 2. The van der Waals surface area contributed by atoms with Crippen LogP contribution in [0.4, 0.5) is 9.18 Å². The topological polar surface area (TPSA) is 67.9 Å². The third-order valence-electron chi connectivity index (χ3n) is 5.03. The molecule has 6 nitrogen and oxygen atoms in total. The molecule has 1 saturated heterocycles. The van der Waals surface area contributed by atoms with Crippen LogP contribution in [0.5, 0.6) is 11.5 Å². The largest absolute Gasteiger partial charge is 0.497 e. The van der Waals surface area contributed by atoms with Crippen LogP contribution >= 0.6 is 0 Å². The number of ether oxygens (including phenoxy) is 2. The number of hydrogen-bond acceptors (Lipinski definition) is 4. The molecule has 7 heteroatoms. The predicted octanol–water partition coefficient (Wildman–Crippen LogP) is 3.55. The molecule has 2 aromatic rings. The minimum absolute atomic E-state index is 0.224. The Balaban J connectivity index is 1.49. The zero-order valence-corrected chi connectivity index (χ0v) is 16.6. The molecular formula is C22H25FN2O4. The van der Waals surface area contributed by atoms with Gasteiger partial charge in [-0.25, -0.2) is 9.18 Å². The van der Waals surface area contributed by atoms with E-state index in [0.29, 0.717) is 31.6 Å². The highest BCUT2D eigenvalue weighted by Gasteiger charge is 2.46. The molecule has 1 unspecified atom stereocenters. The van der Waals surface area contributed by atoms with Crippen LogP contribution in [-0.4, -0.2) is 42.6 Å². The lowest BCUT2D eigenvalue weighted by Crippen LogP contribution is -2.44. The van der Waals surface area contributed by atoms with Crippen molar-refractivity contribution in [3.8, 4) is 11.5 Å². The van der Waals surface area contributed by atoms with Gasteiger partial charge in [0.2, 0.25) is 0 Å². The lowest BCUT2D eigenvalue weighted by Gasteiger charge is -2.21. The summed E-state index contributed by atoms with van der Waals surface area (Å²) >= 11 is 0. The molecule has 1 fully saturated rings. The van der Waals surface area contributed by atoms with E-state index in [9.17, 15) is 14.0 Å². The molecule has 3 amide bonds. The van der Waals surface area contributed by atoms with Crippen molar-refractivity contribution in [2.75, 3.05) is 20.3 Å². The van der Waals surface area contributed by atoms with E-state index in [1.165, 1.54) is 17.0 Å². The Bertz CT molecular complexity index is 854. The van der Waals surface area contributed by atoms with E-state index in [1.54, 1.807) is 26.2 Å². The van der Waals surface area contributed by atoms with Crippen LogP contribution in [0.3, 0.4) is 0 Å². The predicted molar refractivity (Wildman–Crippen MR) is 106 cm³/mol. The quantitative estimate of drug-likeness (QED) is 0.516. The third kappa shape index (κ3) is 5.04. The van der Waals surface area contributed by atoms with Crippen LogP contribution in [0.1, 0.15) is 25.3 Å². The third-order valence-corrected chi connectivity index (χ3v) is 5.03. The molecule has 29 heavy (non-hydrogen) atoms. The van der Waals surface area contributed by atoms with E-state index in [2.05, 4.69) is 5.32 Å². The number of benzene rings is 2. The average Bonchev–Trinajstić information content (AvgIpc) is 2.94. The van der Waals surface area contributed by atoms with Gasteiger partial charge in [-0.2, -0.15) is 0 Å². The SMILES string of the molecule is COc1ccc(CCC2(C)NC(=O)N(CCCOc3ccc(F)cc3)C2=O)cc1. The van der Waals surface area contributed by atoms with Crippen LogP contribution in [0.15, 0.2) is 48.5 Å². The lowest BCUT2D eigenvalue weighted by molar-refractivity contribution is -0.131. The summed E-state index contributed by atoms with van der Waals surface area (Å²) in [5.74, 6) is 0.774. The van der Waals surface area contributed by atoms with Crippen molar-refractivity contribution in [2.24, 2.45) is 0 Å². The number of urea groups is 1. The molecule has 0 aromatic heterocycles. The van der Waals surface area contributed by atoms with E-state index < -0.39 is 5.54 Å². The molecule has 1 N–H and O–H groups in total. The van der Waals surface area contributed by atoms with E-state index in [-0.39, 0.29) is 24.3 Å². The van der Waals surface area contributed by atoms with Gasteiger partial charge < -0.3 is 14.8 Å². The van der Waals surface area contributed by atoms with E-state index in [1.807, 2.05) is 24.3 Å². The van der Waals surface area contributed by atoms with E-state index >= 15 is 0 Å². The Hall–Kier alpha value is -3.09. The van der Waals surface area contributed by atoms with Crippen molar-refractivity contribution in [3.63, 3.8) is 0 Å². The molecule has 2 aromatic carbocycles. The molecular weight excluding hydrogens is 375 g/mol. The first-order chi connectivity index (χ1) is 13.9. The standard InChI is InChI=1S/C22H25FN2O4/c1-22(13-12-16-4-8-18(28-2)9-5-16)20(26)25(21(27)24-22)14-3-15-29-19-10-6-17(23)7-11-19/h4-11H,3,12-15H2,1-2H3,(H,24,27). The average molecular weight is 400 g/mol. The van der Waals surface area contributed by atoms with Crippen molar-refractivity contribution in [1.29, 1.82) is 0 Å². The summed E-state index contributed by atoms with van der Waals surface area (Å²) in [5.41, 5.74) is 0.148. The van der Waals surface area contributed by atoms with Crippen molar-refractivity contribution in [3.05, 3.63) is 59.9 Å². The Morgan fingerprint density at radius 3 is 2.34 bits per heavy atom. The first kappa shape index (κ1) is 20.6. The van der Waals surface area contributed by atoms with Gasteiger partial charge in [0.1, 0.15) is 22.9 Å². The number of rotatable bonds is 9. The van der Waals surface area contributed by atoms with Gasteiger partial charge in [0, 0.05) is 6.54 Å². The van der Waals surface area contributed by atoms with Gasteiger partial charge in [0.25, 0.3) is 5.91 Å². The molecule has 0 spiro atoms. The van der Waals surface area contributed by atoms with E-state index in [0.717, 1.165) is 11.3 Å². The summed E-state index contributed by atoms with van der Waals surface area (Å²) in [6.45, 7) is 2.35. The second-order valence-corrected chi connectivity index (χ2v) is 7.22. The Labute approximate surface area is 169 Å². The molecule has 1 atom stereocenters. The van der Waals surface area contributed by atoms with Crippen LogP contribution in [0.25, 0.3) is 0 Å². The molecule has 1 aliphatic rings. The zero-order valence-electron chi connectivity index (χ0n) is 16.6. The maximum Gasteiger partial charge on any atom is 0.325 e. The Morgan fingerprint density at radius 2 is 1.69 bits per heavy atom. The van der Waals surface area contributed by atoms with E-state index in [4.69, 9.17) is 9.47 Å². The molecule has 0 bridgehead atoms. The molecule has 0 aliphatic carbocycles. The molecule has 1 heterocycles. The number of amides is 3. The fraction of sp³-hybridized carbons (Fsp3) is 0.364. The number of imide groups is 1. The van der Waals surface area contributed by atoms with Crippen LogP contribution in [-0.2, 0) is 11.2 Å². The van der Waals surface area contributed by atoms with Gasteiger partial charge in [0.05, 0.1) is 13.7 Å². The monoisotopic (exact) mass is 400 g/mol. The highest BCUT2D eigenvalue weighted by Crippen LogP contribution is 2.24. The first-order valence-electron chi connectivity index (χ1n) is 9.57. The van der Waals surface area contributed by atoms with Gasteiger partial charge in [-0.15, -0.1) is 0 Å². The van der Waals surface area contributed by atoms with Crippen molar-refractivity contribution < 1.29 is 23.5 Å². The summed E-state index contributed by atoms with van der Waals surface area (Å²) in [4.78, 5) is 26.3. The summed E-state index contributed by atoms with van der Waals surface area (Å²) < 4.78 is 23.6. The number of methoxy groups -OCH3 is 1. The Kier molecular flexibility index (Phi) is 6.36. The van der Waals surface area contributed by atoms with Gasteiger partial charge in [-0.05, 0) is 68.1 Å². The summed E-state index contributed by atoms with van der Waals surface area (Å²) in [6, 6.07) is 13.0. The van der Waals surface area contributed by atoms with Crippen molar-refractivity contribution >= 4 is 11.9 Å². The van der Waals surface area contributed by atoms with Crippen molar-refractivity contribution in [2.45, 2.75) is 31.7 Å². The van der Waals surface area contributed by atoms with Crippen LogP contribution < -0.4 is 14.8 Å². The van der Waals surface area contributed by atoms with Gasteiger partial charge in [-0.3, -0.25) is 9.69 Å². The van der Waals surface area contributed by atoms with Crippen molar-refractivity contribution in [1.82, 2.24) is 10.2 Å². The molecule has 3 rings (SSSR count). The minimum atomic E-state index is -0.922. The summed E-state index contributed by atoms with van der Waals surface area (Å²) in [7, 11) is 1.61. The van der Waals surface area contributed by atoms with Gasteiger partial charge in [0.15, 0.2) is 0 Å². The highest BCUT2D eigenvalue weighted by molar-refractivity contribution is 6.06. The van der Waals surface area contributed by atoms with Crippen LogP contribution in [0, 0.1) is 5.82 Å². The van der Waals surface area contributed by atoms with Gasteiger partial charge in [-0.1, -0.05) is 12.1 Å². The number of nitrogens with one attached hydrogen (secondary N) is 1. The fourth-order valence-electron chi connectivity index (χ4n) is 3.25. The number of hydrogen-bond donors (Lipinski definition) is 1. The molecule has 0 saturated carbocycles. The number of carbonyl (C=O) groups excluding carboxylic acids is 2. The normalized spacial score (nSPS) is 18.7. The maximum absolute atomic E-state index is 12.9. The maximum atomic E-state index is 12.9. The van der Waals surface area contributed by atoms with Crippen LogP contribution in [0.2, 0.25) is 0 Å². The number of aryl methyl sites for hydroxylation is 1. The number of nitrogens with zero attached hydrogens (tertiary/aromatic N) is 1. The second kappa shape index (κ2) is 8.94. The molecule has 1 aliphatic heterocycles. The fourth-order valence-corrected chi connectivity index (χ4v) is 3.25. The summed E-state index contributed by atoms with van der Waals surface area (Å²) in [6.07, 6.45) is 1.66. The lowest BCUT2D eigenvalue weighted by atomic mass is 9.93.